The van der Waals surface area contributed by atoms with Crippen LogP contribution < -0.4 is 0 Å². The summed E-state index contributed by atoms with van der Waals surface area (Å²) in [6.45, 7) is 3.36. The van der Waals surface area contributed by atoms with Gasteiger partial charge >= 0.3 is 6.18 Å². The molecule has 0 N–H and O–H groups in total. The summed E-state index contributed by atoms with van der Waals surface area (Å²) in [7, 11) is 0. The van der Waals surface area contributed by atoms with E-state index in [0.717, 1.165) is 43.1 Å². The number of alkyl halides is 3. The third-order valence-electron chi connectivity index (χ3n) is 4.35. The van der Waals surface area contributed by atoms with Gasteiger partial charge in [-0.25, -0.2) is 0 Å². The van der Waals surface area contributed by atoms with Gasteiger partial charge in [0.05, 0.1) is 10.9 Å². The molecule has 24 heavy (non-hydrogen) atoms. The van der Waals surface area contributed by atoms with E-state index in [9.17, 15) is 18.0 Å². The topological polar surface area (TPSA) is 38.1 Å². The normalized spacial score (nSPS) is 21.9. The van der Waals surface area contributed by atoms with E-state index < -0.39 is 11.9 Å². The van der Waals surface area contributed by atoms with Crippen LogP contribution in [0.2, 0.25) is 0 Å². The highest BCUT2D eigenvalue weighted by Gasteiger charge is 2.37. The second-order valence-corrected chi connectivity index (χ2v) is 7.27. The molecule has 1 amide bonds. The molecule has 1 aromatic rings. The van der Waals surface area contributed by atoms with Crippen molar-refractivity contribution in [1.82, 2.24) is 14.7 Å². The van der Waals surface area contributed by atoms with Crippen LogP contribution in [0.4, 0.5) is 13.2 Å². The predicted octanol–water partition coefficient (Wildman–Crippen LogP) is 3.78. The number of rotatable bonds is 3. The van der Waals surface area contributed by atoms with E-state index >= 15 is 0 Å². The number of aryl methyl sites for hydroxylation is 1. The van der Waals surface area contributed by atoms with Gasteiger partial charge in [-0.1, -0.05) is 6.08 Å². The summed E-state index contributed by atoms with van der Waals surface area (Å²) >= 11 is 1.34. The highest BCUT2D eigenvalue weighted by molar-refractivity contribution is 8.09. The van der Waals surface area contributed by atoms with Crippen molar-refractivity contribution in [3.05, 3.63) is 23.5 Å². The van der Waals surface area contributed by atoms with E-state index in [0.29, 0.717) is 17.0 Å². The number of hydrogen-bond donors (Lipinski definition) is 0. The summed E-state index contributed by atoms with van der Waals surface area (Å²) < 4.78 is 40.1. The summed E-state index contributed by atoms with van der Waals surface area (Å²) in [4.78, 5) is 15.1. The highest BCUT2D eigenvalue weighted by atomic mass is 32.2. The quantitative estimate of drug-likeness (QED) is 0.824. The Morgan fingerprint density at radius 1 is 1.33 bits per heavy atom. The average molecular weight is 359 g/mol. The highest BCUT2D eigenvalue weighted by Crippen LogP contribution is 2.41. The number of piperidine rings is 1. The molecule has 0 aliphatic carbocycles. The molecule has 1 atom stereocenters. The lowest BCUT2D eigenvalue weighted by molar-refractivity contribution is -0.144. The average Bonchev–Trinajstić information content (AvgIpc) is 3.21. The zero-order chi connectivity index (χ0) is 17.3. The number of nitrogens with zero attached hydrogens (tertiary/aromatic N) is 3. The standard InChI is InChI=1S/C16H20F3N3OS/c1-2-22-14(16(17,18)19)10-11(20-22)12-6-7-13(24-12)15(23)21-8-4-3-5-9-21/h6,10,13H,2-5,7-9H2,1H3. The molecule has 3 heterocycles. The molecule has 0 bridgehead atoms. The van der Waals surface area contributed by atoms with E-state index in [1.807, 2.05) is 11.0 Å². The molecule has 8 heteroatoms. The number of likely N-dealkylation sites (tertiary alicyclic amines) is 1. The maximum Gasteiger partial charge on any atom is 0.433 e. The maximum absolute atomic E-state index is 13.0. The molecule has 0 radical (unpaired) electrons. The minimum absolute atomic E-state index is 0.0944. The lowest BCUT2D eigenvalue weighted by Crippen LogP contribution is -2.40. The number of amides is 1. The molecule has 2 aliphatic heterocycles. The molecule has 2 aliphatic rings. The monoisotopic (exact) mass is 359 g/mol. The van der Waals surface area contributed by atoms with Crippen molar-refractivity contribution in [2.24, 2.45) is 0 Å². The molecular weight excluding hydrogens is 339 g/mol. The minimum Gasteiger partial charge on any atom is -0.342 e. The van der Waals surface area contributed by atoms with Crippen molar-refractivity contribution in [2.45, 2.75) is 50.6 Å². The Hall–Kier alpha value is -1.44. The SMILES string of the molecule is CCn1nc(C2=CCC(C(=O)N3CCCCC3)S2)cc1C(F)(F)F. The van der Waals surface area contributed by atoms with Crippen molar-refractivity contribution in [2.75, 3.05) is 13.1 Å². The van der Waals surface area contributed by atoms with Crippen molar-refractivity contribution in [1.29, 1.82) is 0 Å². The van der Waals surface area contributed by atoms with Gasteiger partial charge in [0.15, 0.2) is 0 Å². The summed E-state index contributed by atoms with van der Waals surface area (Å²) in [5, 5.41) is 3.83. The number of halogens is 3. The van der Waals surface area contributed by atoms with Gasteiger partial charge in [-0.3, -0.25) is 9.48 Å². The third-order valence-corrected chi connectivity index (χ3v) is 5.66. The zero-order valence-electron chi connectivity index (χ0n) is 13.5. The number of aromatic nitrogens is 2. The molecule has 1 fully saturated rings. The van der Waals surface area contributed by atoms with Crippen molar-refractivity contribution < 1.29 is 18.0 Å². The molecule has 132 valence electrons. The summed E-state index contributed by atoms with van der Waals surface area (Å²) in [5.41, 5.74) is -0.435. The second-order valence-electron chi connectivity index (χ2n) is 6.02. The van der Waals surface area contributed by atoms with E-state index in [-0.39, 0.29) is 17.7 Å². The van der Waals surface area contributed by atoms with Crippen molar-refractivity contribution in [3.63, 3.8) is 0 Å². The largest absolute Gasteiger partial charge is 0.433 e. The number of carbonyl (C=O) groups excluding carboxylic acids is 1. The van der Waals surface area contributed by atoms with Crippen molar-refractivity contribution >= 4 is 22.6 Å². The number of carbonyl (C=O) groups is 1. The van der Waals surface area contributed by atoms with Gasteiger partial charge in [0.25, 0.3) is 0 Å². The van der Waals surface area contributed by atoms with Gasteiger partial charge in [0.1, 0.15) is 5.69 Å². The van der Waals surface area contributed by atoms with Crippen LogP contribution in [0.3, 0.4) is 0 Å². The summed E-state index contributed by atoms with van der Waals surface area (Å²) in [5.74, 6) is 0.0944. The lowest BCUT2D eigenvalue weighted by Gasteiger charge is -2.28. The van der Waals surface area contributed by atoms with Crippen LogP contribution in [0.1, 0.15) is 44.0 Å². The molecule has 1 saturated heterocycles. The minimum atomic E-state index is -4.42. The first-order valence-electron chi connectivity index (χ1n) is 8.21. The van der Waals surface area contributed by atoms with Gasteiger partial charge in [0, 0.05) is 24.5 Å². The Kier molecular flexibility index (Phi) is 4.94. The van der Waals surface area contributed by atoms with Gasteiger partial charge in [-0.2, -0.15) is 18.3 Å². The van der Waals surface area contributed by atoms with Crippen LogP contribution in [0.25, 0.3) is 4.91 Å². The van der Waals surface area contributed by atoms with Gasteiger partial charge in [-0.05, 0) is 38.7 Å². The molecule has 1 aromatic heterocycles. The summed E-state index contributed by atoms with van der Waals surface area (Å²) in [6, 6.07) is 1.08. The Morgan fingerprint density at radius 3 is 2.62 bits per heavy atom. The molecule has 1 unspecified atom stereocenters. The van der Waals surface area contributed by atoms with E-state index in [4.69, 9.17) is 0 Å². The van der Waals surface area contributed by atoms with Crippen molar-refractivity contribution in [3.8, 4) is 0 Å². The van der Waals surface area contributed by atoms with Crippen LogP contribution >= 0.6 is 11.8 Å². The van der Waals surface area contributed by atoms with E-state index in [1.165, 1.54) is 11.8 Å². The van der Waals surface area contributed by atoms with Gasteiger partial charge in [0.2, 0.25) is 5.91 Å². The molecule has 0 saturated carbocycles. The van der Waals surface area contributed by atoms with Gasteiger partial charge in [-0.15, -0.1) is 11.8 Å². The molecular formula is C16H20F3N3OS. The number of hydrogen-bond acceptors (Lipinski definition) is 3. The first-order valence-corrected chi connectivity index (χ1v) is 9.09. The Morgan fingerprint density at radius 2 is 2.04 bits per heavy atom. The molecule has 4 nitrogen and oxygen atoms in total. The third kappa shape index (κ3) is 3.48. The zero-order valence-corrected chi connectivity index (χ0v) is 14.3. The fourth-order valence-corrected chi connectivity index (χ4v) is 4.27. The summed E-state index contributed by atoms with van der Waals surface area (Å²) in [6.07, 6.45) is 1.17. The van der Waals surface area contributed by atoms with Gasteiger partial charge < -0.3 is 4.90 Å². The Labute approximate surface area is 143 Å². The second kappa shape index (κ2) is 6.82. The van der Waals surface area contributed by atoms with E-state index in [2.05, 4.69) is 5.10 Å². The first-order chi connectivity index (χ1) is 11.4. The van der Waals surface area contributed by atoms with Crippen LogP contribution in [0.5, 0.6) is 0 Å². The maximum atomic E-state index is 13.0. The lowest BCUT2D eigenvalue weighted by atomic mass is 10.1. The Balaban J connectivity index is 1.71. The van der Waals surface area contributed by atoms with E-state index in [1.54, 1.807) is 6.92 Å². The fraction of sp³-hybridized carbons (Fsp3) is 0.625. The molecule has 0 spiro atoms. The predicted molar refractivity (Wildman–Crippen MR) is 87.3 cm³/mol. The molecule has 0 aromatic carbocycles. The van der Waals surface area contributed by atoms with Crippen LogP contribution in [-0.4, -0.2) is 38.9 Å². The van der Waals surface area contributed by atoms with Crippen LogP contribution in [-0.2, 0) is 17.5 Å². The first kappa shape index (κ1) is 17.4. The Bertz CT molecular complexity index is 647. The number of allylic oxidation sites excluding steroid dienone is 1. The molecule has 3 rings (SSSR count). The smallest absolute Gasteiger partial charge is 0.342 e. The fourth-order valence-electron chi connectivity index (χ4n) is 3.10. The number of thioether (sulfide) groups is 1. The van der Waals surface area contributed by atoms with Crippen LogP contribution in [0.15, 0.2) is 12.1 Å². The van der Waals surface area contributed by atoms with Crippen LogP contribution in [0, 0.1) is 0 Å².